The first-order chi connectivity index (χ1) is 33.4. The number of likely N-dealkylation sites (tertiary alicyclic amines) is 1. The van der Waals surface area contributed by atoms with E-state index < -0.39 is 23.5 Å². The van der Waals surface area contributed by atoms with Crippen LogP contribution in [-0.4, -0.2) is 113 Å². The lowest BCUT2D eigenvalue weighted by molar-refractivity contribution is -0.146. The van der Waals surface area contributed by atoms with Crippen LogP contribution in [0, 0.1) is 18.3 Å². The van der Waals surface area contributed by atoms with Crippen LogP contribution in [0.15, 0.2) is 52.9 Å². The minimum absolute atomic E-state index is 0.0338. The second-order valence-corrected chi connectivity index (χ2v) is 21.2. The number of benzene rings is 2. The molecule has 0 spiro atoms. The first-order valence-electron chi connectivity index (χ1n) is 24.8. The Bertz CT molecular complexity index is 2490. The van der Waals surface area contributed by atoms with Gasteiger partial charge in [0.05, 0.1) is 48.5 Å². The summed E-state index contributed by atoms with van der Waals surface area (Å²) in [6.07, 6.45) is 8.72. The molecule has 0 bridgehead atoms. The molecule has 2 aliphatic heterocycles. The van der Waals surface area contributed by atoms with Gasteiger partial charge in [0.25, 0.3) is 5.56 Å². The molecule has 2 aromatic heterocycles. The predicted octanol–water partition coefficient (Wildman–Crippen LogP) is 7.65. The number of aromatic nitrogens is 2. The van der Waals surface area contributed by atoms with Crippen molar-refractivity contribution < 1.29 is 33.8 Å². The minimum Gasteiger partial charge on any atom is -0.496 e. The number of unbranched alkanes of at least 4 members (excludes halogenated alkanes) is 6. The Morgan fingerprint density at radius 1 is 0.929 bits per heavy atom. The number of pyridine rings is 1. The fraction of sp³-hybridized carbons (Fsp3) is 0.556. The zero-order valence-electron chi connectivity index (χ0n) is 42.8. The third-order valence-electron chi connectivity index (χ3n) is 13.7. The van der Waals surface area contributed by atoms with Gasteiger partial charge in [-0.3, -0.25) is 19.2 Å². The van der Waals surface area contributed by atoms with E-state index in [-0.39, 0.29) is 55.1 Å². The molecule has 0 radical (unpaired) electrons. The van der Waals surface area contributed by atoms with Crippen LogP contribution in [0.25, 0.3) is 21.6 Å². The fourth-order valence-corrected chi connectivity index (χ4v) is 10.5. The number of methoxy groups -OCH3 is 2. The van der Waals surface area contributed by atoms with E-state index in [0.29, 0.717) is 56.1 Å². The van der Waals surface area contributed by atoms with E-state index in [4.69, 9.17) is 9.47 Å². The fourth-order valence-electron chi connectivity index (χ4n) is 9.73. The standard InChI is InChI=1S/C54H75N7O8S/c1-35-49(70-34-57-35)37-20-18-36(19-21-37)29-56-50(64)46-28-40(63)30-61(46)52(66)45(54(2,3)4)27-39(62)17-15-13-11-10-12-14-16-23-55-53(67)60-24-22-41-42(32-59(7)51(65)43(41)33-60)38-25-47(68-8)44(31-58(5)6)48(26-38)69-9/h18-21,25-26,32,34,40,45-46,63H,10-17,22-24,27-31,33H2,1-9H3,(H,55,67)(H,56,64)/t40-,45-,46+/m1/s1. The zero-order chi connectivity index (χ0) is 50.7. The summed E-state index contributed by atoms with van der Waals surface area (Å²) in [7, 11) is 9.01. The Morgan fingerprint density at radius 3 is 2.20 bits per heavy atom. The molecule has 2 aliphatic rings. The molecule has 3 atom stereocenters. The van der Waals surface area contributed by atoms with Gasteiger partial charge in [0.1, 0.15) is 23.3 Å². The van der Waals surface area contributed by atoms with E-state index in [0.717, 1.165) is 88.9 Å². The van der Waals surface area contributed by atoms with Gasteiger partial charge in [0.2, 0.25) is 11.8 Å². The molecular weight excluding hydrogens is 907 g/mol. The molecule has 4 amide bonds. The van der Waals surface area contributed by atoms with Crippen molar-refractivity contribution in [1.82, 2.24) is 34.9 Å². The first-order valence-corrected chi connectivity index (χ1v) is 25.7. The number of thiazole rings is 1. The predicted molar refractivity (Wildman–Crippen MR) is 275 cm³/mol. The molecule has 15 nitrogen and oxygen atoms in total. The van der Waals surface area contributed by atoms with Crippen molar-refractivity contribution in [2.45, 2.75) is 130 Å². The van der Waals surface area contributed by atoms with Crippen molar-refractivity contribution in [2.24, 2.45) is 18.4 Å². The molecule has 0 aliphatic carbocycles. The Hall–Kier alpha value is -5.58. The second-order valence-electron chi connectivity index (χ2n) is 20.4. The van der Waals surface area contributed by atoms with E-state index in [1.165, 1.54) is 4.90 Å². The molecular formula is C54H75N7O8S. The van der Waals surface area contributed by atoms with E-state index in [1.54, 1.807) is 42.1 Å². The van der Waals surface area contributed by atoms with Gasteiger partial charge in [0, 0.05) is 82.3 Å². The van der Waals surface area contributed by atoms with Gasteiger partial charge in [-0.1, -0.05) is 77.1 Å². The van der Waals surface area contributed by atoms with Crippen LogP contribution >= 0.6 is 11.3 Å². The van der Waals surface area contributed by atoms with E-state index in [2.05, 4.69) is 20.5 Å². The molecule has 16 heteroatoms. The summed E-state index contributed by atoms with van der Waals surface area (Å²) in [5.41, 5.74) is 8.48. The summed E-state index contributed by atoms with van der Waals surface area (Å²) in [5.74, 6) is 0.261. The number of rotatable bonds is 22. The summed E-state index contributed by atoms with van der Waals surface area (Å²) in [6, 6.07) is 11.0. The smallest absolute Gasteiger partial charge is 0.317 e. The van der Waals surface area contributed by atoms with Crippen LogP contribution in [0.2, 0.25) is 0 Å². The van der Waals surface area contributed by atoms with Gasteiger partial charge in [0.15, 0.2) is 0 Å². The van der Waals surface area contributed by atoms with Gasteiger partial charge in [-0.05, 0) is 80.1 Å². The Kier molecular flexibility index (Phi) is 18.8. The molecule has 4 aromatic rings. The highest BCUT2D eigenvalue weighted by molar-refractivity contribution is 7.13. The van der Waals surface area contributed by atoms with Crippen LogP contribution in [-0.2, 0) is 47.5 Å². The highest BCUT2D eigenvalue weighted by Crippen LogP contribution is 2.39. The number of urea groups is 1. The van der Waals surface area contributed by atoms with Crippen molar-refractivity contribution in [3.05, 3.63) is 86.4 Å². The number of Topliss-reactive ketones (excluding diaryl/α,β-unsaturated/α-hetero) is 1. The number of hydrogen-bond donors (Lipinski definition) is 3. The lowest BCUT2D eigenvalue weighted by atomic mass is 9.76. The maximum Gasteiger partial charge on any atom is 0.317 e. The number of ketones is 1. The van der Waals surface area contributed by atoms with E-state index in [1.807, 2.05) is 89.9 Å². The van der Waals surface area contributed by atoms with Crippen molar-refractivity contribution in [3.8, 4) is 33.1 Å². The molecule has 1 saturated heterocycles. The van der Waals surface area contributed by atoms with Gasteiger partial charge in [-0.2, -0.15) is 0 Å². The highest BCUT2D eigenvalue weighted by Gasteiger charge is 2.44. The van der Waals surface area contributed by atoms with E-state index >= 15 is 0 Å². The Morgan fingerprint density at radius 2 is 1.59 bits per heavy atom. The zero-order valence-corrected chi connectivity index (χ0v) is 43.6. The number of aryl methyl sites for hydroxylation is 2. The molecule has 4 heterocycles. The number of carbonyl (C=O) groups is 4. The number of β-amino-alcohol motifs (C(OH)–C–C–N with tert-alkyl or cyclic N) is 1. The normalized spacial score (nSPS) is 16.3. The number of aliphatic hydroxyl groups excluding tert-OH is 1. The largest absolute Gasteiger partial charge is 0.496 e. The van der Waals surface area contributed by atoms with Gasteiger partial charge < -0.3 is 44.5 Å². The first kappa shape index (κ1) is 53.8. The quantitative estimate of drug-likeness (QED) is 0.0664. The van der Waals surface area contributed by atoms with Crippen LogP contribution < -0.4 is 25.7 Å². The molecule has 380 valence electrons. The number of amides is 4. The summed E-state index contributed by atoms with van der Waals surface area (Å²) >= 11 is 1.58. The van der Waals surface area contributed by atoms with Crippen LogP contribution in [0.5, 0.6) is 11.5 Å². The summed E-state index contributed by atoms with van der Waals surface area (Å²) in [4.78, 5) is 78.3. The molecule has 0 unspecified atom stereocenters. The van der Waals surface area contributed by atoms with Crippen LogP contribution in [0.4, 0.5) is 4.79 Å². The highest BCUT2D eigenvalue weighted by atomic mass is 32.1. The average Bonchev–Trinajstić information content (AvgIpc) is 3.95. The van der Waals surface area contributed by atoms with Crippen LogP contribution in [0.1, 0.15) is 113 Å². The molecule has 0 saturated carbocycles. The second kappa shape index (κ2) is 24.5. The number of aliphatic hydroxyl groups is 1. The van der Waals surface area contributed by atoms with Gasteiger partial charge >= 0.3 is 6.03 Å². The molecule has 3 N–H and O–H groups in total. The summed E-state index contributed by atoms with van der Waals surface area (Å²) in [6.45, 7) is 10.1. The summed E-state index contributed by atoms with van der Waals surface area (Å²) < 4.78 is 13.2. The van der Waals surface area contributed by atoms with Crippen LogP contribution in [0.3, 0.4) is 0 Å². The molecule has 1 fully saturated rings. The van der Waals surface area contributed by atoms with Gasteiger partial charge in [-0.15, -0.1) is 11.3 Å². The maximum atomic E-state index is 14.1. The number of hydrogen-bond acceptors (Lipinski definition) is 11. The monoisotopic (exact) mass is 982 g/mol. The van der Waals surface area contributed by atoms with Crippen molar-refractivity contribution in [1.29, 1.82) is 0 Å². The molecule has 70 heavy (non-hydrogen) atoms. The number of ether oxygens (including phenoxy) is 2. The number of fused-ring (bicyclic) bond motifs is 1. The Balaban J connectivity index is 0.891. The van der Waals surface area contributed by atoms with E-state index in [9.17, 15) is 29.1 Å². The minimum atomic E-state index is -0.816. The summed E-state index contributed by atoms with van der Waals surface area (Å²) in [5, 5.41) is 16.7. The third-order valence-corrected chi connectivity index (χ3v) is 14.7. The topological polar surface area (TPSA) is 176 Å². The third kappa shape index (κ3) is 13.6. The number of carbonyl (C=O) groups excluding carboxylic acids is 4. The lowest BCUT2D eigenvalue weighted by Crippen LogP contribution is -2.50. The van der Waals surface area contributed by atoms with Crippen molar-refractivity contribution in [3.63, 3.8) is 0 Å². The lowest BCUT2D eigenvalue weighted by Gasteiger charge is -2.34. The number of nitrogens with one attached hydrogen (secondary N) is 2. The maximum absolute atomic E-state index is 14.1. The van der Waals surface area contributed by atoms with Gasteiger partial charge in [-0.25, -0.2) is 9.78 Å². The molecule has 2 aromatic carbocycles. The SMILES string of the molecule is COc1cc(-c2cn(C)c(=O)c3c2CCN(C(=O)NCCCCCCCCCC(=O)C[C@H](C(=O)N2C[C@H](O)C[C@H]2C(=O)NCc2ccc(-c4scnc4C)cc2)C(C)(C)C)C3)cc(OC)c1CN(C)C. The number of nitrogens with zero attached hydrogens (tertiary/aromatic N) is 5. The molecule has 6 rings (SSSR count). The average molecular weight is 982 g/mol. The van der Waals surface area contributed by atoms with Crippen molar-refractivity contribution in [2.75, 3.05) is 47.9 Å². The van der Waals surface area contributed by atoms with Crippen molar-refractivity contribution >= 4 is 35.0 Å². The Labute approximate surface area is 417 Å².